The molecule has 0 saturated carbocycles. The van der Waals surface area contributed by atoms with E-state index < -0.39 is 5.91 Å². The minimum absolute atomic E-state index is 0.214. The van der Waals surface area contributed by atoms with E-state index in [1.807, 2.05) is 6.07 Å². The Bertz CT molecular complexity index is 878. The van der Waals surface area contributed by atoms with Crippen LogP contribution in [0.4, 0.5) is 11.4 Å². The van der Waals surface area contributed by atoms with Gasteiger partial charge in [-0.1, -0.05) is 0 Å². The maximum Gasteiger partial charge on any atom is 0.244 e. The van der Waals surface area contributed by atoms with E-state index in [2.05, 4.69) is 5.32 Å². The van der Waals surface area contributed by atoms with Crippen molar-refractivity contribution < 1.29 is 23.8 Å². The van der Waals surface area contributed by atoms with E-state index in [9.17, 15) is 9.59 Å². The summed E-state index contributed by atoms with van der Waals surface area (Å²) in [6.45, 7) is 1.14. The average Bonchev–Trinajstić information content (AvgIpc) is 2.71. The van der Waals surface area contributed by atoms with Gasteiger partial charge >= 0.3 is 0 Å². The molecule has 2 aromatic carbocycles. The van der Waals surface area contributed by atoms with Gasteiger partial charge in [0.2, 0.25) is 17.6 Å². The molecule has 0 aliphatic heterocycles. The second-order valence-corrected chi connectivity index (χ2v) is 5.73. The van der Waals surface area contributed by atoms with Gasteiger partial charge in [-0.15, -0.1) is 0 Å². The van der Waals surface area contributed by atoms with Crippen LogP contribution in [0.5, 0.6) is 17.2 Å². The molecular formula is C20H21N3O5. The number of ether oxygens (including phenoxy) is 3. The number of anilines is 2. The second kappa shape index (κ2) is 9.28. The molecule has 0 aliphatic carbocycles. The van der Waals surface area contributed by atoms with E-state index in [0.29, 0.717) is 34.2 Å². The fourth-order valence-electron chi connectivity index (χ4n) is 2.58. The first-order valence-electron chi connectivity index (χ1n) is 8.31. The molecule has 0 fully saturated rings. The van der Waals surface area contributed by atoms with Crippen LogP contribution in [0.25, 0.3) is 0 Å². The monoisotopic (exact) mass is 383 g/mol. The normalized spacial score (nSPS) is 9.82. The van der Waals surface area contributed by atoms with Crippen LogP contribution in [0.3, 0.4) is 0 Å². The molecule has 1 N–H and O–H groups in total. The van der Waals surface area contributed by atoms with E-state index >= 15 is 0 Å². The summed E-state index contributed by atoms with van der Waals surface area (Å²) in [5.74, 6) is 0.406. The molecule has 0 radical (unpaired) electrons. The van der Waals surface area contributed by atoms with Gasteiger partial charge in [-0.2, -0.15) is 5.26 Å². The quantitative estimate of drug-likeness (QED) is 0.789. The molecule has 2 rings (SSSR count). The summed E-state index contributed by atoms with van der Waals surface area (Å²) < 4.78 is 15.9. The molecule has 0 aromatic heterocycles. The molecule has 0 heterocycles. The zero-order valence-corrected chi connectivity index (χ0v) is 16.1. The lowest BCUT2D eigenvalue weighted by Crippen LogP contribution is -2.36. The molecule has 0 aliphatic rings. The van der Waals surface area contributed by atoms with Gasteiger partial charge in [0.05, 0.1) is 38.6 Å². The fourth-order valence-corrected chi connectivity index (χ4v) is 2.58. The van der Waals surface area contributed by atoms with Gasteiger partial charge in [-0.05, 0) is 24.3 Å². The molecule has 0 saturated heterocycles. The molecule has 28 heavy (non-hydrogen) atoms. The van der Waals surface area contributed by atoms with Gasteiger partial charge in [0, 0.05) is 24.7 Å². The van der Waals surface area contributed by atoms with Gasteiger partial charge < -0.3 is 24.4 Å². The molecule has 2 aromatic rings. The van der Waals surface area contributed by atoms with Gasteiger partial charge in [0.15, 0.2) is 11.5 Å². The summed E-state index contributed by atoms with van der Waals surface area (Å²) in [6, 6.07) is 11.6. The van der Waals surface area contributed by atoms with Crippen molar-refractivity contribution in [2.24, 2.45) is 0 Å². The van der Waals surface area contributed by atoms with Gasteiger partial charge in [0.25, 0.3) is 0 Å². The Kier molecular flexibility index (Phi) is 6.82. The highest BCUT2D eigenvalue weighted by Crippen LogP contribution is 2.41. The van der Waals surface area contributed by atoms with Crippen molar-refractivity contribution in [3.8, 4) is 23.3 Å². The predicted molar refractivity (Wildman–Crippen MR) is 104 cm³/mol. The Hall–Kier alpha value is -3.73. The minimum Gasteiger partial charge on any atom is -0.493 e. The second-order valence-electron chi connectivity index (χ2n) is 5.73. The lowest BCUT2D eigenvalue weighted by atomic mass is 10.2. The van der Waals surface area contributed by atoms with Crippen molar-refractivity contribution in [2.75, 3.05) is 38.1 Å². The molecule has 0 unspecified atom stereocenters. The van der Waals surface area contributed by atoms with Crippen molar-refractivity contribution in [3.05, 3.63) is 42.0 Å². The topological polar surface area (TPSA) is 101 Å². The van der Waals surface area contributed by atoms with Crippen molar-refractivity contribution in [1.29, 1.82) is 5.26 Å². The number of nitrogens with one attached hydrogen (secondary N) is 1. The number of carbonyl (C=O) groups is 2. The standard InChI is InChI=1S/C20H21N3O5/c1-13(24)23(12-19(25)22-15-7-5-14(11-21)6-8-15)16-9-17(26-2)20(28-4)18(10-16)27-3/h5-10H,12H2,1-4H3,(H,22,25). The Morgan fingerprint density at radius 2 is 1.61 bits per heavy atom. The first-order chi connectivity index (χ1) is 13.4. The number of methoxy groups -OCH3 is 3. The highest BCUT2D eigenvalue weighted by atomic mass is 16.5. The van der Waals surface area contributed by atoms with E-state index in [0.717, 1.165) is 0 Å². The smallest absolute Gasteiger partial charge is 0.244 e. The number of carbonyl (C=O) groups excluding carboxylic acids is 2. The molecule has 2 amide bonds. The third-order valence-electron chi connectivity index (χ3n) is 3.94. The van der Waals surface area contributed by atoms with Crippen LogP contribution in [-0.2, 0) is 9.59 Å². The number of benzene rings is 2. The van der Waals surface area contributed by atoms with Gasteiger partial charge in [-0.3, -0.25) is 9.59 Å². The summed E-state index contributed by atoms with van der Waals surface area (Å²) >= 11 is 0. The van der Waals surface area contributed by atoms with Crippen molar-refractivity contribution in [2.45, 2.75) is 6.92 Å². The summed E-state index contributed by atoms with van der Waals surface area (Å²) in [4.78, 5) is 25.9. The lowest BCUT2D eigenvalue weighted by molar-refractivity contribution is -0.120. The maximum atomic E-state index is 12.4. The summed E-state index contributed by atoms with van der Waals surface area (Å²) in [5.41, 5.74) is 1.44. The molecule has 8 heteroatoms. The van der Waals surface area contributed by atoms with Crippen molar-refractivity contribution in [3.63, 3.8) is 0 Å². The number of rotatable bonds is 7. The van der Waals surface area contributed by atoms with E-state index in [-0.39, 0.29) is 12.5 Å². The zero-order chi connectivity index (χ0) is 20.7. The third-order valence-corrected chi connectivity index (χ3v) is 3.94. The first-order valence-corrected chi connectivity index (χ1v) is 8.31. The molecular weight excluding hydrogens is 362 g/mol. The van der Waals surface area contributed by atoms with Crippen molar-refractivity contribution >= 4 is 23.2 Å². The van der Waals surface area contributed by atoms with E-state index in [1.165, 1.54) is 33.2 Å². The van der Waals surface area contributed by atoms with Crippen LogP contribution in [0.15, 0.2) is 36.4 Å². The molecule has 8 nitrogen and oxygen atoms in total. The fraction of sp³-hybridized carbons (Fsp3) is 0.250. The molecule has 146 valence electrons. The van der Waals surface area contributed by atoms with Crippen LogP contribution in [0, 0.1) is 11.3 Å². The number of amides is 2. The van der Waals surface area contributed by atoms with E-state index in [1.54, 1.807) is 36.4 Å². The average molecular weight is 383 g/mol. The number of nitriles is 1. The first kappa shape index (κ1) is 20.6. The Balaban J connectivity index is 2.26. The molecule has 0 spiro atoms. The SMILES string of the molecule is COc1cc(N(CC(=O)Nc2ccc(C#N)cc2)C(C)=O)cc(OC)c1OC. The summed E-state index contributed by atoms with van der Waals surface area (Å²) in [6.07, 6.45) is 0. The minimum atomic E-state index is -0.395. The zero-order valence-electron chi connectivity index (χ0n) is 16.1. The molecule has 0 bridgehead atoms. The highest BCUT2D eigenvalue weighted by molar-refractivity contribution is 6.02. The number of hydrogen-bond acceptors (Lipinski definition) is 6. The largest absolute Gasteiger partial charge is 0.493 e. The summed E-state index contributed by atoms with van der Waals surface area (Å²) in [7, 11) is 4.42. The third kappa shape index (κ3) is 4.71. The van der Waals surface area contributed by atoms with Crippen LogP contribution in [0.1, 0.15) is 12.5 Å². The molecule has 0 atom stereocenters. The van der Waals surface area contributed by atoms with Gasteiger partial charge in [-0.25, -0.2) is 0 Å². The van der Waals surface area contributed by atoms with Gasteiger partial charge in [0.1, 0.15) is 6.54 Å². The van der Waals surface area contributed by atoms with Crippen LogP contribution < -0.4 is 24.4 Å². The maximum absolute atomic E-state index is 12.4. The predicted octanol–water partition coefficient (Wildman–Crippen LogP) is 2.58. The Morgan fingerprint density at radius 3 is 2.04 bits per heavy atom. The number of nitrogens with zero attached hydrogens (tertiary/aromatic N) is 2. The van der Waals surface area contributed by atoms with E-state index in [4.69, 9.17) is 19.5 Å². The number of hydrogen-bond donors (Lipinski definition) is 1. The van der Waals surface area contributed by atoms with Crippen molar-refractivity contribution in [1.82, 2.24) is 0 Å². The van der Waals surface area contributed by atoms with Crippen LogP contribution in [0.2, 0.25) is 0 Å². The van der Waals surface area contributed by atoms with Crippen LogP contribution >= 0.6 is 0 Å². The summed E-state index contributed by atoms with van der Waals surface area (Å²) in [5, 5.41) is 11.5. The Morgan fingerprint density at radius 1 is 1.04 bits per heavy atom. The highest BCUT2D eigenvalue weighted by Gasteiger charge is 2.21. The Labute approximate surface area is 163 Å². The van der Waals surface area contributed by atoms with Crippen LogP contribution in [-0.4, -0.2) is 39.7 Å². The lowest BCUT2D eigenvalue weighted by Gasteiger charge is -2.23.